The van der Waals surface area contributed by atoms with Crippen LogP contribution in [0.4, 0.5) is 0 Å². The van der Waals surface area contributed by atoms with Gasteiger partial charge in [0.25, 0.3) is 0 Å². The summed E-state index contributed by atoms with van der Waals surface area (Å²) in [6.45, 7) is 4.86. The molecule has 0 saturated carbocycles. The van der Waals surface area contributed by atoms with E-state index in [-0.39, 0.29) is 0 Å². The van der Waals surface area contributed by atoms with E-state index in [0.717, 1.165) is 23.1 Å². The number of benzene rings is 1. The van der Waals surface area contributed by atoms with Crippen LogP contribution in [0.15, 0.2) is 24.3 Å². The molecule has 0 amide bonds. The lowest BCUT2D eigenvalue weighted by atomic mass is 10.2. The summed E-state index contributed by atoms with van der Waals surface area (Å²) in [5, 5.41) is 1.09. The number of aromatic nitrogens is 1. The Morgan fingerprint density at radius 1 is 1.44 bits per heavy atom. The summed E-state index contributed by atoms with van der Waals surface area (Å²) >= 11 is 0. The molecule has 0 aliphatic heterocycles. The summed E-state index contributed by atoms with van der Waals surface area (Å²) in [4.78, 5) is 11.6. The zero-order valence-corrected chi connectivity index (χ0v) is 10.9. The Kier molecular flexibility index (Phi) is 3.39. The van der Waals surface area contributed by atoms with Crippen molar-refractivity contribution in [3.05, 3.63) is 35.5 Å². The van der Waals surface area contributed by atoms with Crippen LogP contribution in [-0.4, -0.2) is 17.6 Å². The standard InChI is InChI=1S/C14H18N2O2/c1-4-16-11-7-9(2)5-6-10(11)8-12(16)13(15)14(17)18-3/h5-8,13H,4,15H2,1-3H3. The normalized spacial score (nSPS) is 12.7. The van der Waals surface area contributed by atoms with E-state index in [9.17, 15) is 4.79 Å². The molecule has 0 aliphatic rings. The average molecular weight is 246 g/mol. The maximum atomic E-state index is 11.6. The summed E-state index contributed by atoms with van der Waals surface area (Å²) < 4.78 is 6.77. The minimum Gasteiger partial charge on any atom is -0.468 e. The van der Waals surface area contributed by atoms with Crippen molar-refractivity contribution >= 4 is 16.9 Å². The van der Waals surface area contributed by atoms with Crippen LogP contribution in [-0.2, 0) is 16.1 Å². The van der Waals surface area contributed by atoms with Gasteiger partial charge in [-0.25, -0.2) is 4.79 Å². The maximum absolute atomic E-state index is 11.6. The number of fused-ring (bicyclic) bond motifs is 1. The lowest BCUT2D eigenvalue weighted by molar-refractivity contribution is -0.142. The van der Waals surface area contributed by atoms with Crippen molar-refractivity contribution in [1.29, 1.82) is 0 Å². The SMILES string of the molecule is CCn1c(C(N)C(=O)OC)cc2ccc(C)cc21. The van der Waals surface area contributed by atoms with Crippen molar-refractivity contribution in [3.63, 3.8) is 0 Å². The number of nitrogens with zero attached hydrogens (tertiary/aromatic N) is 1. The second kappa shape index (κ2) is 4.82. The third-order valence-corrected chi connectivity index (χ3v) is 3.18. The van der Waals surface area contributed by atoms with Crippen LogP contribution in [0.25, 0.3) is 10.9 Å². The van der Waals surface area contributed by atoms with Gasteiger partial charge in [0, 0.05) is 17.8 Å². The van der Waals surface area contributed by atoms with Crippen LogP contribution in [0.5, 0.6) is 0 Å². The number of methoxy groups -OCH3 is 1. The molecule has 1 unspecified atom stereocenters. The number of rotatable bonds is 3. The number of nitrogens with two attached hydrogens (primary N) is 1. The number of aryl methyl sites for hydroxylation is 2. The van der Waals surface area contributed by atoms with Crippen LogP contribution < -0.4 is 5.73 Å². The Labute approximate surface area is 106 Å². The van der Waals surface area contributed by atoms with Gasteiger partial charge >= 0.3 is 5.97 Å². The Balaban J connectivity index is 2.60. The first kappa shape index (κ1) is 12.6. The van der Waals surface area contributed by atoms with E-state index in [2.05, 4.69) is 16.7 Å². The molecule has 1 atom stereocenters. The summed E-state index contributed by atoms with van der Waals surface area (Å²) in [6, 6.07) is 7.43. The van der Waals surface area contributed by atoms with Crippen LogP contribution in [0.2, 0.25) is 0 Å². The van der Waals surface area contributed by atoms with Gasteiger partial charge in [0.1, 0.15) is 6.04 Å². The van der Waals surface area contributed by atoms with Gasteiger partial charge in [-0.1, -0.05) is 12.1 Å². The predicted molar refractivity (Wildman–Crippen MR) is 71.3 cm³/mol. The van der Waals surface area contributed by atoms with E-state index in [4.69, 9.17) is 10.5 Å². The molecular weight excluding hydrogens is 228 g/mol. The largest absolute Gasteiger partial charge is 0.468 e. The summed E-state index contributed by atoms with van der Waals surface area (Å²) in [5.41, 5.74) is 9.02. The number of ether oxygens (including phenoxy) is 1. The molecular formula is C14H18N2O2. The van der Waals surface area contributed by atoms with E-state index in [1.54, 1.807) is 0 Å². The highest BCUT2D eigenvalue weighted by Gasteiger charge is 2.21. The van der Waals surface area contributed by atoms with Gasteiger partial charge in [-0.3, -0.25) is 0 Å². The molecule has 0 fully saturated rings. The van der Waals surface area contributed by atoms with Gasteiger partial charge in [0.05, 0.1) is 7.11 Å². The second-order valence-electron chi connectivity index (χ2n) is 4.38. The first-order chi connectivity index (χ1) is 8.58. The minimum absolute atomic E-state index is 0.413. The number of carbonyl (C=O) groups is 1. The van der Waals surface area contributed by atoms with E-state index in [1.807, 2.05) is 26.0 Å². The van der Waals surface area contributed by atoms with Gasteiger partial charge in [-0.05, 0) is 36.9 Å². The fourth-order valence-corrected chi connectivity index (χ4v) is 2.24. The molecule has 2 aromatic rings. The summed E-state index contributed by atoms with van der Waals surface area (Å²) in [6.07, 6.45) is 0. The molecule has 0 saturated heterocycles. The molecule has 0 aliphatic carbocycles. The van der Waals surface area contributed by atoms with E-state index < -0.39 is 12.0 Å². The number of hydrogen-bond acceptors (Lipinski definition) is 3. The van der Waals surface area contributed by atoms with Crippen molar-refractivity contribution in [2.24, 2.45) is 5.73 Å². The minimum atomic E-state index is -0.734. The number of carbonyl (C=O) groups excluding carboxylic acids is 1. The number of hydrogen-bond donors (Lipinski definition) is 1. The fourth-order valence-electron chi connectivity index (χ4n) is 2.24. The smallest absolute Gasteiger partial charge is 0.328 e. The molecule has 1 aromatic carbocycles. The molecule has 2 N–H and O–H groups in total. The molecule has 2 rings (SSSR count). The predicted octanol–water partition coefficient (Wildman–Crippen LogP) is 2.14. The number of esters is 1. The lowest BCUT2D eigenvalue weighted by Gasteiger charge is -2.13. The molecule has 4 nitrogen and oxygen atoms in total. The van der Waals surface area contributed by atoms with E-state index >= 15 is 0 Å². The maximum Gasteiger partial charge on any atom is 0.328 e. The fraction of sp³-hybridized carbons (Fsp3) is 0.357. The van der Waals surface area contributed by atoms with E-state index in [1.165, 1.54) is 12.7 Å². The van der Waals surface area contributed by atoms with Crippen LogP contribution >= 0.6 is 0 Å². The Morgan fingerprint density at radius 2 is 2.17 bits per heavy atom. The Bertz CT molecular complexity index is 587. The molecule has 4 heteroatoms. The third-order valence-electron chi connectivity index (χ3n) is 3.18. The van der Waals surface area contributed by atoms with Gasteiger partial charge in [0.2, 0.25) is 0 Å². The van der Waals surface area contributed by atoms with Crippen molar-refractivity contribution in [1.82, 2.24) is 4.57 Å². The highest BCUT2D eigenvalue weighted by molar-refractivity contribution is 5.85. The first-order valence-corrected chi connectivity index (χ1v) is 6.01. The molecule has 1 aromatic heterocycles. The second-order valence-corrected chi connectivity index (χ2v) is 4.38. The zero-order valence-electron chi connectivity index (χ0n) is 10.9. The van der Waals surface area contributed by atoms with E-state index in [0.29, 0.717) is 0 Å². The van der Waals surface area contributed by atoms with Crippen LogP contribution in [0.1, 0.15) is 24.2 Å². The quantitative estimate of drug-likeness (QED) is 0.844. The third kappa shape index (κ3) is 1.99. The molecule has 0 spiro atoms. The van der Waals surface area contributed by atoms with Gasteiger partial charge in [0.15, 0.2) is 0 Å². The Morgan fingerprint density at radius 3 is 2.78 bits per heavy atom. The zero-order chi connectivity index (χ0) is 13.3. The Hall–Kier alpha value is -1.81. The van der Waals surface area contributed by atoms with Crippen molar-refractivity contribution in [2.45, 2.75) is 26.4 Å². The van der Waals surface area contributed by atoms with Gasteiger partial charge < -0.3 is 15.0 Å². The van der Waals surface area contributed by atoms with Crippen LogP contribution in [0.3, 0.4) is 0 Å². The molecule has 1 heterocycles. The van der Waals surface area contributed by atoms with Crippen molar-refractivity contribution < 1.29 is 9.53 Å². The van der Waals surface area contributed by atoms with Gasteiger partial charge in [-0.15, -0.1) is 0 Å². The first-order valence-electron chi connectivity index (χ1n) is 6.01. The summed E-state index contributed by atoms with van der Waals surface area (Å²) in [7, 11) is 1.35. The molecule has 18 heavy (non-hydrogen) atoms. The monoisotopic (exact) mass is 246 g/mol. The topological polar surface area (TPSA) is 57.2 Å². The molecule has 96 valence electrons. The molecule has 0 bridgehead atoms. The lowest BCUT2D eigenvalue weighted by Crippen LogP contribution is -2.25. The highest BCUT2D eigenvalue weighted by Crippen LogP contribution is 2.25. The molecule has 0 radical (unpaired) electrons. The summed E-state index contributed by atoms with van der Waals surface area (Å²) in [5.74, 6) is -0.413. The van der Waals surface area contributed by atoms with Crippen molar-refractivity contribution in [2.75, 3.05) is 7.11 Å². The van der Waals surface area contributed by atoms with Crippen LogP contribution in [0, 0.1) is 6.92 Å². The average Bonchev–Trinajstić information content (AvgIpc) is 2.74. The highest BCUT2D eigenvalue weighted by atomic mass is 16.5. The van der Waals surface area contributed by atoms with Gasteiger partial charge in [-0.2, -0.15) is 0 Å². The van der Waals surface area contributed by atoms with Crippen molar-refractivity contribution in [3.8, 4) is 0 Å².